The van der Waals surface area contributed by atoms with Gasteiger partial charge < -0.3 is 0 Å². The number of fused-ring (bicyclic) bond motifs is 1. The smallest absolute Gasteiger partial charge is 0.175 e. The lowest BCUT2D eigenvalue weighted by molar-refractivity contribution is 1.09. The van der Waals surface area contributed by atoms with Crippen molar-refractivity contribution in [2.24, 2.45) is 0 Å². The SMILES string of the molecule is Cc1cn2c(Br)cnc(Cl)c2n1. The molecule has 2 aromatic heterocycles. The minimum absolute atomic E-state index is 0.423. The fraction of sp³-hybridized carbons (Fsp3) is 0.143. The van der Waals surface area contributed by atoms with Crippen molar-refractivity contribution >= 4 is 33.2 Å². The van der Waals surface area contributed by atoms with E-state index in [4.69, 9.17) is 11.6 Å². The van der Waals surface area contributed by atoms with Gasteiger partial charge in [-0.2, -0.15) is 0 Å². The van der Waals surface area contributed by atoms with Crippen molar-refractivity contribution in [3.05, 3.63) is 27.8 Å². The highest BCUT2D eigenvalue weighted by molar-refractivity contribution is 9.10. The van der Waals surface area contributed by atoms with E-state index in [0.29, 0.717) is 10.8 Å². The number of hydrogen-bond acceptors (Lipinski definition) is 2. The molecule has 0 N–H and O–H groups in total. The van der Waals surface area contributed by atoms with Crippen molar-refractivity contribution in [2.75, 3.05) is 0 Å². The Morgan fingerprint density at radius 2 is 2.33 bits per heavy atom. The molecule has 2 rings (SSSR count). The second-order valence-electron chi connectivity index (χ2n) is 2.45. The summed E-state index contributed by atoms with van der Waals surface area (Å²) in [5.74, 6) is 0. The normalized spacial score (nSPS) is 10.9. The summed E-state index contributed by atoms with van der Waals surface area (Å²) in [4.78, 5) is 8.17. The van der Waals surface area contributed by atoms with E-state index in [-0.39, 0.29) is 0 Å². The van der Waals surface area contributed by atoms with Crippen LogP contribution in [0.1, 0.15) is 5.69 Å². The molecule has 0 saturated carbocycles. The van der Waals surface area contributed by atoms with Crippen LogP contribution >= 0.6 is 27.5 Å². The first-order valence-electron chi connectivity index (χ1n) is 3.34. The van der Waals surface area contributed by atoms with Gasteiger partial charge in [0.15, 0.2) is 10.8 Å². The monoisotopic (exact) mass is 245 g/mol. The molecule has 0 aliphatic rings. The molecule has 0 fully saturated rings. The van der Waals surface area contributed by atoms with Crippen molar-refractivity contribution in [1.29, 1.82) is 0 Å². The molecular weight excluding hydrogens is 241 g/mol. The Bertz CT molecular complexity index is 398. The highest BCUT2D eigenvalue weighted by Gasteiger charge is 2.05. The summed E-state index contributed by atoms with van der Waals surface area (Å²) in [7, 11) is 0. The first kappa shape index (κ1) is 8.01. The van der Waals surface area contributed by atoms with Gasteiger partial charge in [0.1, 0.15) is 4.60 Å². The van der Waals surface area contributed by atoms with Gasteiger partial charge >= 0.3 is 0 Å². The summed E-state index contributed by atoms with van der Waals surface area (Å²) in [6.45, 7) is 1.91. The quantitative estimate of drug-likeness (QED) is 0.715. The maximum absolute atomic E-state index is 5.83. The Morgan fingerprint density at radius 1 is 1.58 bits per heavy atom. The molecule has 0 aliphatic carbocycles. The summed E-state index contributed by atoms with van der Waals surface area (Å²) in [5, 5.41) is 0.423. The van der Waals surface area contributed by atoms with Crippen LogP contribution in [0.15, 0.2) is 17.0 Å². The molecule has 2 aromatic rings. The third-order valence-corrected chi connectivity index (χ3v) is 2.38. The molecule has 0 aromatic carbocycles. The van der Waals surface area contributed by atoms with Crippen LogP contribution < -0.4 is 0 Å². The molecule has 0 amide bonds. The number of aryl methyl sites for hydroxylation is 1. The molecule has 62 valence electrons. The Kier molecular flexibility index (Phi) is 1.81. The van der Waals surface area contributed by atoms with E-state index < -0.39 is 0 Å². The lowest BCUT2D eigenvalue weighted by Crippen LogP contribution is -1.88. The van der Waals surface area contributed by atoms with Gasteiger partial charge in [0.25, 0.3) is 0 Å². The lowest BCUT2D eigenvalue weighted by atomic mass is 10.6. The Morgan fingerprint density at radius 3 is 3.00 bits per heavy atom. The van der Waals surface area contributed by atoms with Gasteiger partial charge in [-0.3, -0.25) is 4.40 Å². The van der Waals surface area contributed by atoms with Crippen molar-refractivity contribution in [3.8, 4) is 0 Å². The molecule has 0 bridgehead atoms. The maximum Gasteiger partial charge on any atom is 0.175 e. The Hall–Kier alpha value is -0.610. The predicted octanol–water partition coefficient (Wildman–Crippen LogP) is 2.45. The highest BCUT2D eigenvalue weighted by atomic mass is 79.9. The topological polar surface area (TPSA) is 30.2 Å². The second-order valence-corrected chi connectivity index (χ2v) is 3.62. The van der Waals surface area contributed by atoms with Crippen LogP contribution in [0.5, 0.6) is 0 Å². The van der Waals surface area contributed by atoms with E-state index in [1.165, 1.54) is 0 Å². The first-order valence-corrected chi connectivity index (χ1v) is 4.51. The molecule has 3 nitrogen and oxygen atoms in total. The number of rotatable bonds is 0. The zero-order chi connectivity index (χ0) is 8.72. The fourth-order valence-corrected chi connectivity index (χ4v) is 1.59. The van der Waals surface area contributed by atoms with Crippen LogP contribution in [0.2, 0.25) is 5.15 Å². The second kappa shape index (κ2) is 2.71. The molecule has 0 atom stereocenters. The van der Waals surface area contributed by atoms with Gasteiger partial charge in [-0.25, -0.2) is 9.97 Å². The van der Waals surface area contributed by atoms with E-state index in [1.54, 1.807) is 6.20 Å². The summed E-state index contributed by atoms with van der Waals surface area (Å²) in [6.07, 6.45) is 3.55. The predicted molar refractivity (Wildman–Crippen MR) is 50.4 cm³/mol. The fourth-order valence-electron chi connectivity index (χ4n) is 1.04. The average molecular weight is 246 g/mol. The van der Waals surface area contributed by atoms with E-state index in [0.717, 1.165) is 10.3 Å². The van der Waals surface area contributed by atoms with Gasteiger partial charge in [-0.15, -0.1) is 0 Å². The maximum atomic E-state index is 5.83. The standard InChI is InChI=1S/C7H5BrClN3/c1-4-3-12-5(8)2-10-6(9)7(12)11-4/h2-3H,1H3. The molecule has 0 aliphatic heterocycles. The number of hydrogen-bond donors (Lipinski definition) is 0. The van der Waals surface area contributed by atoms with Gasteiger partial charge in [0.2, 0.25) is 0 Å². The van der Waals surface area contributed by atoms with Crippen LogP contribution in [0, 0.1) is 6.92 Å². The Balaban J connectivity index is 2.93. The first-order chi connectivity index (χ1) is 5.68. The molecule has 2 heterocycles. The number of imidazole rings is 1. The van der Waals surface area contributed by atoms with Gasteiger partial charge in [0, 0.05) is 6.20 Å². The zero-order valence-corrected chi connectivity index (χ0v) is 8.59. The van der Waals surface area contributed by atoms with Gasteiger partial charge in [0.05, 0.1) is 11.9 Å². The third kappa shape index (κ3) is 1.11. The van der Waals surface area contributed by atoms with Crippen molar-refractivity contribution < 1.29 is 0 Å². The molecular formula is C7H5BrClN3. The van der Waals surface area contributed by atoms with Crippen LogP contribution in [0.25, 0.3) is 5.65 Å². The van der Waals surface area contributed by atoms with Crippen molar-refractivity contribution in [2.45, 2.75) is 6.92 Å². The van der Waals surface area contributed by atoms with Crippen LogP contribution in [0.4, 0.5) is 0 Å². The average Bonchev–Trinajstić information content (AvgIpc) is 2.41. The largest absolute Gasteiger partial charge is 0.290 e. The summed E-state index contributed by atoms with van der Waals surface area (Å²) >= 11 is 9.17. The molecule has 5 heteroatoms. The van der Waals surface area contributed by atoms with E-state index >= 15 is 0 Å². The lowest BCUT2D eigenvalue weighted by Gasteiger charge is -1.96. The molecule has 0 unspecified atom stereocenters. The summed E-state index contributed by atoms with van der Waals surface area (Å²) in [5.41, 5.74) is 1.61. The summed E-state index contributed by atoms with van der Waals surface area (Å²) in [6, 6.07) is 0. The molecule has 0 spiro atoms. The number of nitrogens with zero attached hydrogens (tertiary/aromatic N) is 3. The zero-order valence-electron chi connectivity index (χ0n) is 6.25. The van der Waals surface area contributed by atoms with Gasteiger partial charge in [-0.05, 0) is 22.9 Å². The minimum Gasteiger partial charge on any atom is -0.290 e. The number of aromatic nitrogens is 3. The van der Waals surface area contributed by atoms with Crippen LogP contribution in [0.3, 0.4) is 0 Å². The van der Waals surface area contributed by atoms with Crippen molar-refractivity contribution in [1.82, 2.24) is 14.4 Å². The Labute approximate surface area is 82.5 Å². The molecule has 0 radical (unpaired) electrons. The van der Waals surface area contributed by atoms with Crippen molar-refractivity contribution in [3.63, 3.8) is 0 Å². The highest BCUT2D eigenvalue weighted by Crippen LogP contribution is 2.18. The molecule has 12 heavy (non-hydrogen) atoms. The van der Waals surface area contributed by atoms with Gasteiger partial charge in [-0.1, -0.05) is 11.6 Å². The number of halogens is 2. The van der Waals surface area contributed by atoms with Crippen LogP contribution in [-0.2, 0) is 0 Å². The van der Waals surface area contributed by atoms with E-state index in [2.05, 4.69) is 25.9 Å². The molecule has 0 saturated heterocycles. The van der Waals surface area contributed by atoms with E-state index in [1.807, 2.05) is 17.5 Å². The minimum atomic E-state index is 0.423. The van der Waals surface area contributed by atoms with Crippen LogP contribution in [-0.4, -0.2) is 14.4 Å². The van der Waals surface area contributed by atoms with E-state index in [9.17, 15) is 0 Å². The third-order valence-electron chi connectivity index (χ3n) is 1.53. The summed E-state index contributed by atoms with van der Waals surface area (Å²) < 4.78 is 2.70.